The van der Waals surface area contributed by atoms with Gasteiger partial charge in [-0.2, -0.15) is 0 Å². The van der Waals surface area contributed by atoms with Gasteiger partial charge in [-0.15, -0.1) is 0 Å². The molecule has 194 valence electrons. The van der Waals surface area contributed by atoms with Crippen LogP contribution < -0.4 is 15.0 Å². The van der Waals surface area contributed by atoms with E-state index >= 15 is 0 Å². The Hall–Kier alpha value is -2.62. The molecule has 2 unspecified atom stereocenters. The summed E-state index contributed by atoms with van der Waals surface area (Å²) in [6.45, 7) is 14.0. The SMILES string of the molecule is CCOc1ccc(S(=O)(=O)C(C)(Cc2ccc(OC(C)N(C(C)C)C(C)C)cc2)C(=O)NO)cc1. The molecule has 2 N–H and O–H groups in total. The Kier molecular flexibility index (Phi) is 9.71. The van der Waals surface area contributed by atoms with Gasteiger partial charge in [-0.05, 0) is 90.4 Å². The molecule has 0 fully saturated rings. The molecule has 2 aromatic carbocycles. The monoisotopic (exact) mass is 506 g/mol. The molecule has 0 saturated heterocycles. The molecule has 0 radical (unpaired) electrons. The number of hydrogen-bond donors (Lipinski definition) is 2. The molecule has 8 nitrogen and oxygen atoms in total. The zero-order valence-electron chi connectivity index (χ0n) is 21.6. The highest BCUT2D eigenvalue weighted by molar-refractivity contribution is 7.93. The van der Waals surface area contributed by atoms with Crippen LogP contribution in [0.15, 0.2) is 53.4 Å². The predicted molar refractivity (Wildman–Crippen MR) is 135 cm³/mol. The van der Waals surface area contributed by atoms with Gasteiger partial charge in [0, 0.05) is 18.5 Å². The van der Waals surface area contributed by atoms with Crippen LogP contribution in [-0.2, 0) is 21.1 Å². The average molecular weight is 507 g/mol. The third-order valence-corrected chi connectivity index (χ3v) is 8.41. The van der Waals surface area contributed by atoms with Crippen LogP contribution in [0.25, 0.3) is 0 Å². The number of rotatable bonds is 12. The van der Waals surface area contributed by atoms with Crippen LogP contribution >= 0.6 is 0 Å². The van der Waals surface area contributed by atoms with E-state index in [4.69, 9.17) is 9.47 Å². The molecule has 2 atom stereocenters. The van der Waals surface area contributed by atoms with E-state index in [0.29, 0.717) is 35.8 Å². The molecular formula is C26H38N2O6S. The van der Waals surface area contributed by atoms with Gasteiger partial charge in [0.2, 0.25) is 0 Å². The second-order valence-corrected chi connectivity index (χ2v) is 11.6. The standard InChI is InChI=1S/C26H38N2O6S/c1-8-33-22-13-15-24(16-14-22)35(31,32)26(7,25(29)27-30)17-21-9-11-23(12-10-21)34-20(6)28(18(2)3)19(4)5/h9-16,18-20,30H,8,17H2,1-7H3,(H,27,29). The molecule has 0 aliphatic rings. The van der Waals surface area contributed by atoms with Crippen molar-refractivity contribution in [3.05, 3.63) is 54.1 Å². The fourth-order valence-electron chi connectivity index (χ4n) is 4.33. The van der Waals surface area contributed by atoms with Gasteiger partial charge in [0.05, 0.1) is 11.5 Å². The molecular weight excluding hydrogens is 468 g/mol. The van der Waals surface area contributed by atoms with Gasteiger partial charge in [-0.25, -0.2) is 13.9 Å². The Morgan fingerprint density at radius 2 is 1.49 bits per heavy atom. The Balaban J connectivity index is 2.30. The molecule has 0 spiro atoms. The highest BCUT2D eigenvalue weighted by Crippen LogP contribution is 2.31. The van der Waals surface area contributed by atoms with E-state index in [0.717, 1.165) is 0 Å². The zero-order chi connectivity index (χ0) is 26.4. The molecule has 0 saturated carbocycles. The van der Waals surface area contributed by atoms with Crippen molar-refractivity contribution in [3.63, 3.8) is 0 Å². The molecule has 35 heavy (non-hydrogen) atoms. The van der Waals surface area contributed by atoms with E-state index in [1.54, 1.807) is 36.4 Å². The fourth-order valence-corrected chi connectivity index (χ4v) is 5.99. The normalized spacial score (nSPS) is 14.6. The summed E-state index contributed by atoms with van der Waals surface area (Å²) in [5.74, 6) is 0.151. The van der Waals surface area contributed by atoms with E-state index in [1.165, 1.54) is 24.5 Å². The molecule has 2 aromatic rings. The number of amides is 1. The average Bonchev–Trinajstić information content (AvgIpc) is 2.79. The molecule has 0 aliphatic heterocycles. The number of hydrogen-bond acceptors (Lipinski definition) is 7. The largest absolute Gasteiger partial charge is 0.494 e. The lowest BCUT2D eigenvalue weighted by Crippen LogP contribution is -2.51. The van der Waals surface area contributed by atoms with Gasteiger partial charge in [0.1, 0.15) is 17.7 Å². The van der Waals surface area contributed by atoms with E-state index in [1.807, 2.05) is 13.8 Å². The molecule has 0 aliphatic carbocycles. The number of carbonyl (C=O) groups excluding carboxylic acids is 1. The van der Waals surface area contributed by atoms with Crippen molar-refractivity contribution in [3.8, 4) is 11.5 Å². The lowest BCUT2D eigenvalue weighted by atomic mass is 9.99. The smallest absolute Gasteiger partial charge is 0.265 e. The Morgan fingerprint density at radius 1 is 0.971 bits per heavy atom. The number of nitrogens with zero attached hydrogens (tertiary/aromatic N) is 1. The van der Waals surface area contributed by atoms with Crippen molar-refractivity contribution in [2.75, 3.05) is 6.61 Å². The molecule has 0 heterocycles. The summed E-state index contributed by atoms with van der Waals surface area (Å²) >= 11 is 0. The zero-order valence-corrected chi connectivity index (χ0v) is 22.4. The van der Waals surface area contributed by atoms with Crippen LogP contribution in [0, 0.1) is 0 Å². The topological polar surface area (TPSA) is 105 Å². The number of benzene rings is 2. The molecule has 9 heteroatoms. The molecule has 0 bridgehead atoms. The summed E-state index contributed by atoms with van der Waals surface area (Å²) in [5.41, 5.74) is 2.14. The minimum atomic E-state index is -4.17. The summed E-state index contributed by atoms with van der Waals surface area (Å²) in [6, 6.07) is 13.5. The van der Waals surface area contributed by atoms with Crippen molar-refractivity contribution < 1.29 is 27.9 Å². The van der Waals surface area contributed by atoms with Gasteiger partial charge in [0.15, 0.2) is 14.6 Å². The van der Waals surface area contributed by atoms with Crippen LogP contribution in [0.2, 0.25) is 0 Å². The minimum Gasteiger partial charge on any atom is -0.494 e. The first kappa shape index (κ1) is 28.6. The van der Waals surface area contributed by atoms with Crippen molar-refractivity contribution >= 4 is 15.7 Å². The van der Waals surface area contributed by atoms with Crippen molar-refractivity contribution in [2.24, 2.45) is 0 Å². The number of ether oxygens (including phenoxy) is 2. The van der Waals surface area contributed by atoms with Crippen molar-refractivity contribution in [2.45, 2.75) is 82.8 Å². The van der Waals surface area contributed by atoms with E-state index in [9.17, 15) is 18.4 Å². The summed E-state index contributed by atoms with van der Waals surface area (Å²) in [7, 11) is -4.17. The van der Waals surface area contributed by atoms with E-state index in [-0.39, 0.29) is 17.5 Å². The fraction of sp³-hybridized carbons (Fsp3) is 0.500. The number of carbonyl (C=O) groups is 1. The maximum atomic E-state index is 13.5. The maximum absolute atomic E-state index is 13.5. The predicted octanol–water partition coefficient (Wildman–Crippen LogP) is 4.21. The second-order valence-electron chi connectivity index (χ2n) is 9.25. The Bertz CT molecular complexity index is 1060. The number of hydroxylamine groups is 1. The van der Waals surface area contributed by atoms with Crippen LogP contribution in [0.5, 0.6) is 11.5 Å². The van der Waals surface area contributed by atoms with Gasteiger partial charge in [-0.1, -0.05) is 12.1 Å². The Morgan fingerprint density at radius 3 is 1.94 bits per heavy atom. The molecule has 0 aromatic heterocycles. The quantitative estimate of drug-likeness (QED) is 0.252. The molecule has 2 rings (SSSR count). The number of sulfone groups is 1. The summed E-state index contributed by atoms with van der Waals surface area (Å²) in [5, 5.41) is 9.35. The lowest BCUT2D eigenvalue weighted by Gasteiger charge is -2.36. The Labute approximate surface area is 209 Å². The van der Waals surface area contributed by atoms with E-state index in [2.05, 4.69) is 32.6 Å². The summed E-state index contributed by atoms with van der Waals surface area (Å²) in [4.78, 5) is 14.8. The van der Waals surface area contributed by atoms with Gasteiger partial charge >= 0.3 is 0 Å². The summed E-state index contributed by atoms with van der Waals surface area (Å²) < 4.78 is 36.5. The maximum Gasteiger partial charge on any atom is 0.265 e. The summed E-state index contributed by atoms with van der Waals surface area (Å²) in [6.07, 6.45) is -0.305. The van der Waals surface area contributed by atoms with Crippen LogP contribution in [-0.4, -0.2) is 54.1 Å². The van der Waals surface area contributed by atoms with Crippen molar-refractivity contribution in [1.29, 1.82) is 0 Å². The number of nitrogens with one attached hydrogen (secondary N) is 1. The molecule has 1 amide bonds. The second kappa shape index (κ2) is 11.9. The van der Waals surface area contributed by atoms with Crippen LogP contribution in [0.4, 0.5) is 0 Å². The first-order valence-electron chi connectivity index (χ1n) is 11.8. The highest BCUT2D eigenvalue weighted by atomic mass is 32.2. The highest BCUT2D eigenvalue weighted by Gasteiger charge is 2.47. The van der Waals surface area contributed by atoms with Gasteiger partial charge < -0.3 is 9.47 Å². The first-order chi connectivity index (χ1) is 16.4. The van der Waals surface area contributed by atoms with Crippen LogP contribution in [0.1, 0.15) is 54.0 Å². The third-order valence-electron chi connectivity index (χ3n) is 6.00. The van der Waals surface area contributed by atoms with Gasteiger partial charge in [-0.3, -0.25) is 14.9 Å². The third kappa shape index (κ3) is 6.54. The van der Waals surface area contributed by atoms with Crippen molar-refractivity contribution in [1.82, 2.24) is 10.4 Å². The minimum absolute atomic E-state index is 0.0386. The van der Waals surface area contributed by atoms with Crippen LogP contribution in [0.3, 0.4) is 0 Å². The van der Waals surface area contributed by atoms with Gasteiger partial charge in [0.25, 0.3) is 5.91 Å². The first-order valence-corrected chi connectivity index (χ1v) is 13.3. The van der Waals surface area contributed by atoms with E-state index < -0.39 is 20.5 Å². The lowest BCUT2D eigenvalue weighted by molar-refractivity contribution is -0.131.